The zero-order valence-electron chi connectivity index (χ0n) is 15.3. The van der Waals surface area contributed by atoms with Crippen molar-refractivity contribution in [2.24, 2.45) is 5.10 Å². The normalized spacial score (nSPS) is 19.1. The van der Waals surface area contributed by atoms with E-state index in [0.29, 0.717) is 32.7 Å². The molecule has 0 radical (unpaired) electrons. The Morgan fingerprint density at radius 1 is 1.15 bits per heavy atom. The highest BCUT2D eigenvalue weighted by Gasteiger charge is 2.20. The molecule has 0 aliphatic carbocycles. The minimum Gasteiger partial charge on any atom is -0.375 e. The molecule has 0 spiro atoms. The molecule has 1 atom stereocenters. The fraction of sp³-hybridized carbons (Fsp3) is 0.350. The summed E-state index contributed by atoms with van der Waals surface area (Å²) in [7, 11) is -3.66. The van der Waals surface area contributed by atoms with Crippen molar-refractivity contribution in [1.29, 1.82) is 0 Å². The Balaban J connectivity index is 1.51. The summed E-state index contributed by atoms with van der Waals surface area (Å²) in [5.41, 5.74) is 2.88. The highest BCUT2D eigenvalue weighted by Crippen LogP contribution is 2.14. The van der Waals surface area contributed by atoms with Crippen LogP contribution in [0.15, 0.2) is 64.6 Å². The van der Waals surface area contributed by atoms with E-state index >= 15 is 0 Å². The summed E-state index contributed by atoms with van der Waals surface area (Å²) in [5.74, 6) is 0. The Morgan fingerprint density at radius 3 is 2.63 bits per heavy atom. The molecule has 1 fully saturated rings. The number of hydrogen-bond acceptors (Lipinski definition) is 5. The van der Waals surface area contributed by atoms with Crippen LogP contribution in [0.2, 0.25) is 0 Å². The quantitative estimate of drug-likeness (QED) is 0.740. The van der Waals surface area contributed by atoms with Crippen LogP contribution in [0, 0.1) is 6.92 Å². The molecule has 0 amide bonds. The summed E-state index contributed by atoms with van der Waals surface area (Å²) in [6, 6.07) is 16.6. The van der Waals surface area contributed by atoms with E-state index in [9.17, 15) is 8.42 Å². The predicted octanol–water partition coefficient (Wildman–Crippen LogP) is 3.03. The predicted molar refractivity (Wildman–Crippen MR) is 104 cm³/mol. The fourth-order valence-corrected chi connectivity index (χ4v) is 3.60. The topological polar surface area (TPSA) is 77.0 Å². The van der Waals surface area contributed by atoms with Crippen molar-refractivity contribution in [3.05, 3.63) is 65.7 Å². The summed E-state index contributed by atoms with van der Waals surface area (Å²) in [5, 5.41) is 4.11. The molecular weight excluding hydrogens is 364 g/mol. The average Bonchev–Trinajstić information content (AvgIpc) is 2.68. The van der Waals surface area contributed by atoms with Crippen LogP contribution in [0.1, 0.15) is 24.0 Å². The van der Waals surface area contributed by atoms with E-state index in [-0.39, 0.29) is 11.0 Å². The maximum atomic E-state index is 12.3. The molecule has 6 nitrogen and oxygen atoms in total. The average molecular weight is 388 g/mol. The van der Waals surface area contributed by atoms with E-state index in [4.69, 9.17) is 9.47 Å². The second-order valence-electron chi connectivity index (χ2n) is 6.53. The zero-order chi connectivity index (χ0) is 19.1. The molecule has 1 saturated heterocycles. The Hall–Kier alpha value is -2.22. The van der Waals surface area contributed by atoms with E-state index in [1.165, 1.54) is 0 Å². The summed E-state index contributed by atoms with van der Waals surface area (Å²) in [6.45, 7) is 3.38. The minimum atomic E-state index is -3.66. The molecule has 2 aromatic rings. The summed E-state index contributed by atoms with van der Waals surface area (Å²) < 4.78 is 36.1. The van der Waals surface area contributed by atoms with Crippen LogP contribution in [0.3, 0.4) is 0 Å². The Labute approximate surface area is 160 Å². The Kier molecular flexibility index (Phi) is 6.60. The van der Waals surface area contributed by atoms with Crippen LogP contribution < -0.4 is 4.83 Å². The molecule has 1 aliphatic heterocycles. The van der Waals surface area contributed by atoms with Gasteiger partial charge in [0.2, 0.25) is 0 Å². The third-order valence-electron chi connectivity index (χ3n) is 4.28. The smallest absolute Gasteiger partial charge is 0.276 e. The van der Waals surface area contributed by atoms with Crippen LogP contribution in [0.5, 0.6) is 0 Å². The van der Waals surface area contributed by atoms with Gasteiger partial charge in [0.25, 0.3) is 10.0 Å². The number of hydrazone groups is 1. The van der Waals surface area contributed by atoms with E-state index in [0.717, 1.165) is 16.8 Å². The van der Waals surface area contributed by atoms with E-state index in [1.54, 1.807) is 24.3 Å². The van der Waals surface area contributed by atoms with Crippen molar-refractivity contribution in [3.63, 3.8) is 0 Å². The van der Waals surface area contributed by atoms with Gasteiger partial charge in [0.1, 0.15) is 0 Å². The molecule has 1 unspecified atom stereocenters. The van der Waals surface area contributed by atoms with Gasteiger partial charge in [-0.25, -0.2) is 4.83 Å². The molecular formula is C20H24N2O4S. The van der Waals surface area contributed by atoms with Gasteiger partial charge in [-0.2, -0.15) is 13.5 Å². The monoisotopic (exact) mass is 388 g/mol. The summed E-state index contributed by atoms with van der Waals surface area (Å²) in [6.07, 6.45) is 1.03. The molecule has 7 heteroatoms. The molecule has 0 bridgehead atoms. The SMILES string of the molecule is Cc1ccc(S(=O)(=O)NN=C2CCOC(COCc3ccccc3)C2)cc1. The number of nitrogens with zero attached hydrogens (tertiary/aromatic N) is 1. The Bertz CT molecular complexity index is 865. The van der Waals surface area contributed by atoms with Gasteiger partial charge in [0, 0.05) is 18.6 Å². The van der Waals surface area contributed by atoms with Crippen molar-refractivity contribution in [2.45, 2.75) is 37.4 Å². The van der Waals surface area contributed by atoms with Crippen molar-refractivity contribution in [1.82, 2.24) is 4.83 Å². The molecule has 0 saturated carbocycles. The van der Waals surface area contributed by atoms with E-state index in [1.807, 2.05) is 37.3 Å². The number of aryl methyl sites for hydroxylation is 1. The zero-order valence-corrected chi connectivity index (χ0v) is 16.1. The maximum Gasteiger partial charge on any atom is 0.276 e. The first-order valence-corrected chi connectivity index (χ1v) is 10.4. The second-order valence-corrected chi connectivity index (χ2v) is 8.19. The molecule has 3 rings (SSSR count). The molecule has 1 N–H and O–H groups in total. The van der Waals surface area contributed by atoms with Crippen molar-refractivity contribution >= 4 is 15.7 Å². The standard InChI is InChI=1S/C20H24N2O4S/c1-16-7-9-20(10-8-16)27(23,24)22-21-18-11-12-26-19(13-18)15-25-14-17-5-3-2-4-6-17/h2-10,19,22H,11-15H2,1H3. The summed E-state index contributed by atoms with van der Waals surface area (Å²) >= 11 is 0. The van der Waals surface area contributed by atoms with Crippen molar-refractivity contribution in [2.75, 3.05) is 13.2 Å². The lowest BCUT2D eigenvalue weighted by Gasteiger charge is -2.24. The molecule has 2 aromatic carbocycles. The molecule has 1 aliphatic rings. The number of benzene rings is 2. The van der Waals surface area contributed by atoms with Crippen LogP contribution in [-0.4, -0.2) is 33.4 Å². The number of hydrogen-bond donors (Lipinski definition) is 1. The van der Waals surface area contributed by atoms with Gasteiger partial charge in [-0.3, -0.25) is 0 Å². The number of nitrogens with one attached hydrogen (secondary N) is 1. The first-order valence-electron chi connectivity index (χ1n) is 8.90. The minimum absolute atomic E-state index is 0.120. The lowest BCUT2D eigenvalue weighted by Crippen LogP contribution is -2.31. The van der Waals surface area contributed by atoms with Gasteiger partial charge < -0.3 is 9.47 Å². The van der Waals surface area contributed by atoms with E-state index < -0.39 is 10.0 Å². The number of sulfonamides is 1. The van der Waals surface area contributed by atoms with Crippen LogP contribution >= 0.6 is 0 Å². The maximum absolute atomic E-state index is 12.3. The van der Waals surface area contributed by atoms with Gasteiger partial charge in [-0.05, 0) is 24.6 Å². The van der Waals surface area contributed by atoms with Gasteiger partial charge >= 0.3 is 0 Å². The summed E-state index contributed by atoms with van der Waals surface area (Å²) in [4.78, 5) is 2.53. The third-order valence-corrected chi connectivity index (χ3v) is 5.50. The van der Waals surface area contributed by atoms with Crippen molar-refractivity contribution < 1.29 is 17.9 Å². The molecule has 1 heterocycles. The molecule has 144 valence electrons. The Morgan fingerprint density at radius 2 is 1.89 bits per heavy atom. The van der Waals surface area contributed by atoms with Crippen molar-refractivity contribution in [3.8, 4) is 0 Å². The third kappa shape index (κ3) is 5.89. The van der Waals surface area contributed by atoms with Gasteiger partial charge in [-0.1, -0.05) is 48.0 Å². The first kappa shape index (κ1) is 19.5. The van der Waals surface area contributed by atoms with Gasteiger partial charge in [0.05, 0.1) is 30.8 Å². The van der Waals surface area contributed by atoms with E-state index in [2.05, 4.69) is 9.93 Å². The highest BCUT2D eigenvalue weighted by atomic mass is 32.2. The highest BCUT2D eigenvalue weighted by molar-refractivity contribution is 7.89. The second kappa shape index (κ2) is 9.12. The van der Waals surface area contributed by atoms with Crippen LogP contribution in [-0.2, 0) is 26.1 Å². The molecule has 27 heavy (non-hydrogen) atoms. The lowest BCUT2D eigenvalue weighted by molar-refractivity contribution is -0.0232. The van der Waals surface area contributed by atoms with Crippen LogP contribution in [0.4, 0.5) is 0 Å². The fourth-order valence-electron chi connectivity index (χ4n) is 2.75. The number of rotatable bonds is 7. The van der Waals surface area contributed by atoms with Gasteiger partial charge in [0.15, 0.2) is 0 Å². The molecule has 0 aromatic heterocycles. The lowest BCUT2D eigenvalue weighted by atomic mass is 10.1. The first-order chi connectivity index (χ1) is 13.0. The van der Waals surface area contributed by atoms with Gasteiger partial charge in [-0.15, -0.1) is 0 Å². The number of ether oxygens (including phenoxy) is 2. The van der Waals surface area contributed by atoms with Crippen LogP contribution in [0.25, 0.3) is 0 Å². The largest absolute Gasteiger partial charge is 0.375 e.